The van der Waals surface area contributed by atoms with Crippen molar-refractivity contribution in [3.8, 4) is 5.75 Å². The molecule has 0 aliphatic heterocycles. The van der Waals surface area contributed by atoms with E-state index >= 15 is 0 Å². The van der Waals surface area contributed by atoms with Gasteiger partial charge in [0, 0.05) is 12.3 Å². The number of carbonyl (C=O) groups is 1. The molecule has 2 rings (SSSR count). The molecule has 0 aromatic heterocycles. The van der Waals surface area contributed by atoms with E-state index in [0.717, 1.165) is 12.0 Å². The van der Waals surface area contributed by atoms with Crippen molar-refractivity contribution in [3.05, 3.63) is 58.6 Å². The summed E-state index contributed by atoms with van der Waals surface area (Å²) in [5.41, 5.74) is 1.90. The number of amides is 1. The summed E-state index contributed by atoms with van der Waals surface area (Å²) in [6.45, 7) is 0.134. The predicted molar refractivity (Wildman–Crippen MR) is 82.9 cm³/mol. The number of benzene rings is 2. The Morgan fingerprint density at radius 3 is 2.76 bits per heavy atom. The largest absolute Gasteiger partial charge is 0.508 e. The van der Waals surface area contributed by atoms with Gasteiger partial charge in [-0.25, -0.2) is 0 Å². The smallest absolute Gasteiger partial charge is 0.257 e. The number of anilines is 1. The number of aryl methyl sites for hydroxylation is 1. The van der Waals surface area contributed by atoms with Gasteiger partial charge in [-0.05, 0) is 48.7 Å². The molecule has 2 aromatic carbocycles. The fourth-order valence-corrected chi connectivity index (χ4v) is 2.18. The van der Waals surface area contributed by atoms with E-state index in [-0.39, 0.29) is 28.8 Å². The van der Waals surface area contributed by atoms with Gasteiger partial charge in [0.15, 0.2) is 0 Å². The first kappa shape index (κ1) is 15.4. The Morgan fingerprint density at radius 1 is 1.19 bits per heavy atom. The van der Waals surface area contributed by atoms with Crippen LogP contribution in [0.2, 0.25) is 5.02 Å². The molecule has 0 fully saturated rings. The Kier molecular flexibility index (Phi) is 5.20. The molecule has 0 aliphatic rings. The molecule has 2 aromatic rings. The Hall–Kier alpha value is -2.04. The third-order valence-corrected chi connectivity index (χ3v) is 3.33. The number of hydrogen-bond acceptors (Lipinski definition) is 3. The number of nitrogens with one attached hydrogen (secondary N) is 1. The molecule has 0 bridgehead atoms. The maximum absolute atomic E-state index is 12.2. The first-order chi connectivity index (χ1) is 10.1. The van der Waals surface area contributed by atoms with E-state index in [1.165, 1.54) is 18.2 Å². The van der Waals surface area contributed by atoms with Gasteiger partial charge < -0.3 is 15.5 Å². The number of aliphatic hydroxyl groups excluding tert-OH is 1. The van der Waals surface area contributed by atoms with Crippen LogP contribution in [0.25, 0.3) is 0 Å². The zero-order chi connectivity index (χ0) is 15.2. The van der Waals surface area contributed by atoms with Crippen LogP contribution >= 0.6 is 11.6 Å². The summed E-state index contributed by atoms with van der Waals surface area (Å²) in [5.74, 6) is -0.392. The zero-order valence-corrected chi connectivity index (χ0v) is 12.1. The first-order valence-corrected chi connectivity index (χ1v) is 6.97. The van der Waals surface area contributed by atoms with Crippen molar-refractivity contribution in [2.24, 2.45) is 0 Å². The lowest BCUT2D eigenvalue weighted by molar-refractivity contribution is 0.102. The van der Waals surface area contributed by atoms with Gasteiger partial charge in [0.05, 0.1) is 10.6 Å². The molecule has 0 spiro atoms. The summed E-state index contributed by atoms with van der Waals surface area (Å²) in [5, 5.41) is 21.3. The van der Waals surface area contributed by atoms with Gasteiger partial charge >= 0.3 is 0 Å². The van der Waals surface area contributed by atoms with E-state index in [1.807, 2.05) is 18.2 Å². The highest BCUT2D eigenvalue weighted by molar-refractivity contribution is 6.34. The lowest BCUT2D eigenvalue weighted by Gasteiger charge is -2.09. The highest BCUT2D eigenvalue weighted by atomic mass is 35.5. The number of carbonyl (C=O) groups excluding carboxylic acids is 1. The zero-order valence-electron chi connectivity index (χ0n) is 11.3. The molecule has 1 amide bonds. The van der Waals surface area contributed by atoms with Gasteiger partial charge in [-0.2, -0.15) is 0 Å². The quantitative estimate of drug-likeness (QED) is 0.794. The molecule has 0 saturated heterocycles. The van der Waals surface area contributed by atoms with Crippen molar-refractivity contribution in [2.75, 3.05) is 11.9 Å². The van der Waals surface area contributed by atoms with Crippen LogP contribution in [-0.2, 0) is 6.42 Å². The molecule has 0 heterocycles. The molecule has 0 saturated carbocycles. The molecular formula is C16H16ClNO3. The molecule has 0 unspecified atom stereocenters. The third-order valence-electron chi connectivity index (χ3n) is 3.00. The van der Waals surface area contributed by atoms with E-state index in [4.69, 9.17) is 16.7 Å². The molecule has 5 heteroatoms. The number of hydrogen-bond donors (Lipinski definition) is 3. The van der Waals surface area contributed by atoms with Crippen molar-refractivity contribution >= 4 is 23.2 Å². The van der Waals surface area contributed by atoms with Gasteiger partial charge in [0.25, 0.3) is 5.91 Å². The number of halogens is 1. The molecular weight excluding hydrogens is 290 g/mol. The number of aliphatic hydroxyl groups is 1. The standard InChI is InChI=1S/C16H16ClNO3/c17-15-7-6-13(20)10-14(15)16(21)18-12-5-1-3-11(9-12)4-2-8-19/h1,3,5-7,9-10,19-20H,2,4,8H2,(H,18,21). The summed E-state index contributed by atoms with van der Waals surface area (Å²) in [6, 6.07) is 11.6. The number of rotatable bonds is 5. The fraction of sp³-hybridized carbons (Fsp3) is 0.188. The second-order valence-electron chi connectivity index (χ2n) is 4.65. The topological polar surface area (TPSA) is 69.6 Å². The van der Waals surface area contributed by atoms with Crippen LogP contribution in [0.3, 0.4) is 0 Å². The van der Waals surface area contributed by atoms with Crippen LogP contribution in [0, 0.1) is 0 Å². The lowest BCUT2D eigenvalue weighted by Crippen LogP contribution is -2.12. The van der Waals surface area contributed by atoms with Crippen LogP contribution < -0.4 is 5.32 Å². The van der Waals surface area contributed by atoms with Gasteiger partial charge in [0.2, 0.25) is 0 Å². The van der Waals surface area contributed by atoms with Crippen molar-refractivity contribution in [3.63, 3.8) is 0 Å². The number of aromatic hydroxyl groups is 1. The van der Waals surface area contributed by atoms with Crippen molar-refractivity contribution < 1.29 is 15.0 Å². The molecule has 21 heavy (non-hydrogen) atoms. The maximum Gasteiger partial charge on any atom is 0.257 e. The normalized spacial score (nSPS) is 10.4. The number of phenolic OH excluding ortho intramolecular Hbond substituents is 1. The molecule has 3 N–H and O–H groups in total. The second kappa shape index (κ2) is 7.11. The Morgan fingerprint density at radius 2 is 2.00 bits per heavy atom. The Bertz CT molecular complexity index is 643. The van der Waals surface area contributed by atoms with E-state index in [1.54, 1.807) is 6.07 Å². The minimum Gasteiger partial charge on any atom is -0.508 e. The Labute approximate surface area is 128 Å². The summed E-state index contributed by atoms with van der Waals surface area (Å²) >= 11 is 5.96. The summed E-state index contributed by atoms with van der Waals surface area (Å²) in [4.78, 5) is 12.2. The van der Waals surface area contributed by atoms with Crippen molar-refractivity contribution in [1.29, 1.82) is 0 Å². The van der Waals surface area contributed by atoms with E-state index in [0.29, 0.717) is 12.1 Å². The van der Waals surface area contributed by atoms with Crippen LogP contribution in [0.1, 0.15) is 22.3 Å². The van der Waals surface area contributed by atoms with E-state index in [2.05, 4.69) is 5.32 Å². The van der Waals surface area contributed by atoms with Crippen LogP contribution in [0.5, 0.6) is 5.75 Å². The lowest BCUT2D eigenvalue weighted by atomic mass is 10.1. The average molecular weight is 306 g/mol. The molecule has 0 atom stereocenters. The summed E-state index contributed by atoms with van der Waals surface area (Å²) < 4.78 is 0. The summed E-state index contributed by atoms with van der Waals surface area (Å²) in [7, 11) is 0. The second-order valence-corrected chi connectivity index (χ2v) is 5.05. The minimum atomic E-state index is -0.379. The third kappa shape index (κ3) is 4.21. The van der Waals surface area contributed by atoms with Crippen LogP contribution in [-0.4, -0.2) is 22.7 Å². The van der Waals surface area contributed by atoms with E-state index < -0.39 is 0 Å². The number of phenols is 1. The molecule has 4 nitrogen and oxygen atoms in total. The summed E-state index contributed by atoms with van der Waals surface area (Å²) in [6.07, 6.45) is 1.42. The van der Waals surface area contributed by atoms with Gasteiger partial charge in [-0.1, -0.05) is 23.7 Å². The van der Waals surface area contributed by atoms with Gasteiger partial charge in [-0.3, -0.25) is 4.79 Å². The van der Waals surface area contributed by atoms with Gasteiger partial charge in [-0.15, -0.1) is 0 Å². The Balaban J connectivity index is 2.14. The van der Waals surface area contributed by atoms with Crippen molar-refractivity contribution in [2.45, 2.75) is 12.8 Å². The van der Waals surface area contributed by atoms with Crippen LogP contribution in [0.15, 0.2) is 42.5 Å². The first-order valence-electron chi connectivity index (χ1n) is 6.60. The van der Waals surface area contributed by atoms with Gasteiger partial charge in [0.1, 0.15) is 5.75 Å². The fourth-order valence-electron chi connectivity index (χ4n) is 1.97. The van der Waals surface area contributed by atoms with Crippen molar-refractivity contribution in [1.82, 2.24) is 0 Å². The monoisotopic (exact) mass is 305 g/mol. The SMILES string of the molecule is O=C(Nc1cccc(CCCO)c1)c1cc(O)ccc1Cl. The van der Waals surface area contributed by atoms with E-state index in [9.17, 15) is 9.90 Å². The average Bonchev–Trinajstić information content (AvgIpc) is 2.48. The predicted octanol–water partition coefficient (Wildman–Crippen LogP) is 3.22. The molecule has 0 radical (unpaired) electrons. The highest BCUT2D eigenvalue weighted by Gasteiger charge is 2.11. The maximum atomic E-state index is 12.2. The minimum absolute atomic E-state index is 0.0127. The molecule has 110 valence electrons. The molecule has 0 aliphatic carbocycles. The van der Waals surface area contributed by atoms with Crippen LogP contribution in [0.4, 0.5) is 5.69 Å². The highest BCUT2D eigenvalue weighted by Crippen LogP contribution is 2.22.